The maximum absolute atomic E-state index is 13.1. The van der Waals surface area contributed by atoms with Crippen molar-refractivity contribution >= 4 is 10.9 Å². The molecule has 196 valence electrons. The molecule has 0 saturated carbocycles. The Kier molecular flexibility index (Phi) is 7.63. The van der Waals surface area contributed by atoms with Gasteiger partial charge < -0.3 is 14.5 Å². The molecule has 0 bridgehead atoms. The first-order valence-corrected chi connectivity index (χ1v) is 12.4. The Morgan fingerprint density at radius 1 is 1.00 bits per heavy atom. The second-order valence-corrected chi connectivity index (χ2v) is 10.4. The third-order valence-corrected chi connectivity index (χ3v) is 6.72. The number of ether oxygens (including phenoxy) is 2. The van der Waals surface area contributed by atoms with Crippen molar-refractivity contribution in [2.24, 2.45) is 0 Å². The van der Waals surface area contributed by atoms with Gasteiger partial charge in [0.15, 0.2) is 17.3 Å². The number of methoxy groups -OCH3 is 2. The number of aromatic nitrogens is 5. The van der Waals surface area contributed by atoms with Gasteiger partial charge in [0.2, 0.25) is 0 Å². The third-order valence-electron chi connectivity index (χ3n) is 6.72. The van der Waals surface area contributed by atoms with Crippen LogP contribution in [0.15, 0.2) is 41.2 Å². The second-order valence-electron chi connectivity index (χ2n) is 10.4. The molecule has 2 aromatic carbocycles. The van der Waals surface area contributed by atoms with Crippen molar-refractivity contribution in [2.45, 2.75) is 59.7 Å². The summed E-state index contributed by atoms with van der Waals surface area (Å²) >= 11 is 0. The van der Waals surface area contributed by atoms with Gasteiger partial charge in [-0.1, -0.05) is 18.2 Å². The number of hydrogen-bond acceptors (Lipinski definition) is 7. The average Bonchev–Trinajstić information content (AvgIpc) is 3.34. The number of aryl methyl sites for hydroxylation is 2. The van der Waals surface area contributed by atoms with Crippen LogP contribution in [0.3, 0.4) is 0 Å². The molecule has 0 fully saturated rings. The van der Waals surface area contributed by atoms with E-state index in [1.54, 1.807) is 14.2 Å². The van der Waals surface area contributed by atoms with E-state index in [0.29, 0.717) is 36.7 Å². The van der Waals surface area contributed by atoms with Crippen LogP contribution in [0.4, 0.5) is 0 Å². The molecule has 0 amide bonds. The predicted molar refractivity (Wildman–Crippen MR) is 144 cm³/mol. The van der Waals surface area contributed by atoms with Crippen LogP contribution in [0, 0.1) is 13.8 Å². The molecule has 4 aromatic rings. The Morgan fingerprint density at radius 2 is 1.76 bits per heavy atom. The van der Waals surface area contributed by atoms with E-state index in [1.807, 2.05) is 35.9 Å². The molecule has 2 heterocycles. The molecule has 0 unspecified atom stereocenters. The number of fused-ring (bicyclic) bond motifs is 1. The maximum atomic E-state index is 13.1. The number of rotatable bonds is 9. The Morgan fingerprint density at radius 3 is 2.46 bits per heavy atom. The first kappa shape index (κ1) is 26.3. The summed E-state index contributed by atoms with van der Waals surface area (Å²) in [5.74, 6) is 2.14. The molecule has 0 saturated heterocycles. The first-order chi connectivity index (χ1) is 17.6. The van der Waals surface area contributed by atoms with Crippen LogP contribution in [0.25, 0.3) is 10.9 Å². The van der Waals surface area contributed by atoms with Crippen molar-refractivity contribution in [1.29, 1.82) is 0 Å². The number of H-pyrrole nitrogens is 1. The lowest BCUT2D eigenvalue weighted by molar-refractivity contribution is 0.233. The van der Waals surface area contributed by atoms with Crippen LogP contribution in [0.1, 0.15) is 48.8 Å². The van der Waals surface area contributed by atoms with Crippen molar-refractivity contribution in [2.75, 3.05) is 20.8 Å². The molecule has 0 atom stereocenters. The summed E-state index contributed by atoms with van der Waals surface area (Å²) in [7, 11) is 3.26. The van der Waals surface area contributed by atoms with Gasteiger partial charge in [0.1, 0.15) is 0 Å². The first-order valence-electron chi connectivity index (χ1n) is 12.4. The average molecular weight is 505 g/mol. The molecule has 1 N–H and O–H groups in total. The van der Waals surface area contributed by atoms with Crippen LogP contribution in [-0.2, 0) is 25.0 Å². The lowest BCUT2D eigenvalue weighted by Gasteiger charge is -2.25. The Balaban J connectivity index is 1.65. The molecule has 0 radical (unpaired) electrons. The van der Waals surface area contributed by atoms with Crippen molar-refractivity contribution in [3.63, 3.8) is 0 Å². The normalized spacial score (nSPS) is 11.9. The van der Waals surface area contributed by atoms with Gasteiger partial charge in [-0.15, -0.1) is 5.10 Å². The standard InChI is InChI=1S/C28H36N6O3/c1-18-8-10-21-15-22(27(35)29-26(21)19(18)2)16-33(17-25-30-31-32-34(25)28(3,4)5)13-12-20-9-11-23(36-6)24(14-20)37-7/h8-11,14-15H,12-13,16-17H2,1-7H3,(H,29,35). The van der Waals surface area contributed by atoms with E-state index in [9.17, 15) is 4.79 Å². The zero-order chi connectivity index (χ0) is 26.7. The zero-order valence-corrected chi connectivity index (χ0v) is 22.8. The molecule has 9 nitrogen and oxygen atoms in total. The predicted octanol–water partition coefficient (Wildman–Crippen LogP) is 4.15. The number of benzene rings is 2. The summed E-state index contributed by atoms with van der Waals surface area (Å²) in [5.41, 5.74) is 4.62. The molecular weight excluding hydrogens is 468 g/mol. The molecule has 37 heavy (non-hydrogen) atoms. The zero-order valence-electron chi connectivity index (χ0n) is 22.8. The number of nitrogens with one attached hydrogen (secondary N) is 1. The lowest BCUT2D eigenvalue weighted by atomic mass is 10.0. The third kappa shape index (κ3) is 5.83. The molecule has 9 heteroatoms. The smallest absolute Gasteiger partial charge is 0.252 e. The topological polar surface area (TPSA) is 98.2 Å². The van der Waals surface area contributed by atoms with Crippen LogP contribution in [0.2, 0.25) is 0 Å². The highest BCUT2D eigenvalue weighted by atomic mass is 16.5. The number of hydrogen-bond donors (Lipinski definition) is 1. The van der Waals surface area contributed by atoms with Crippen molar-refractivity contribution in [3.8, 4) is 11.5 Å². The summed E-state index contributed by atoms with van der Waals surface area (Å²) in [5, 5.41) is 13.5. The fraction of sp³-hybridized carbons (Fsp3) is 0.429. The molecule has 0 aliphatic heterocycles. The van der Waals surface area contributed by atoms with Crippen molar-refractivity contribution in [1.82, 2.24) is 30.1 Å². The van der Waals surface area contributed by atoms with E-state index in [4.69, 9.17) is 9.47 Å². The summed E-state index contributed by atoms with van der Waals surface area (Å²) < 4.78 is 12.7. The largest absolute Gasteiger partial charge is 0.493 e. The van der Waals surface area contributed by atoms with Gasteiger partial charge in [0.25, 0.3) is 5.56 Å². The molecule has 0 aliphatic rings. The summed E-state index contributed by atoms with van der Waals surface area (Å²) in [6.45, 7) is 11.9. The van der Waals surface area contributed by atoms with E-state index in [1.165, 1.54) is 0 Å². The highest BCUT2D eigenvalue weighted by Gasteiger charge is 2.22. The summed E-state index contributed by atoms with van der Waals surface area (Å²) in [6, 6.07) is 12.1. The highest BCUT2D eigenvalue weighted by Crippen LogP contribution is 2.28. The second kappa shape index (κ2) is 10.7. The molecule has 2 aromatic heterocycles. The number of aromatic amines is 1. The monoisotopic (exact) mass is 504 g/mol. The minimum atomic E-state index is -0.260. The van der Waals surface area contributed by atoms with E-state index >= 15 is 0 Å². The summed E-state index contributed by atoms with van der Waals surface area (Å²) in [4.78, 5) is 18.5. The summed E-state index contributed by atoms with van der Waals surface area (Å²) in [6.07, 6.45) is 0.751. The van der Waals surface area contributed by atoms with Gasteiger partial charge in [-0.3, -0.25) is 9.69 Å². The highest BCUT2D eigenvalue weighted by molar-refractivity contribution is 5.83. The van der Waals surface area contributed by atoms with E-state index < -0.39 is 0 Å². The fourth-order valence-corrected chi connectivity index (χ4v) is 4.49. The van der Waals surface area contributed by atoms with Crippen LogP contribution in [0.5, 0.6) is 11.5 Å². The van der Waals surface area contributed by atoms with Crippen LogP contribution >= 0.6 is 0 Å². The van der Waals surface area contributed by atoms with E-state index in [0.717, 1.165) is 39.8 Å². The number of tetrazole rings is 1. The number of pyridine rings is 1. The molecule has 4 rings (SSSR count). The van der Waals surface area contributed by atoms with Crippen LogP contribution < -0.4 is 15.0 Å². The van der Waals surface area contributed by atoms with Crippen molar-refractivity contribution < 1.29 is 9.47 Å². The molecule has 0 spiro atoms. The number of nitrogens with zero attached hydrogens (tertiary/aromatic N) is 5. The van der Waals surface area contributed by atoms with Gasteiger partial charge in [-0.25, -0.2) is 4.68 Å². The Bertz CT molecular complexity index is 1450. The van der Waals surface area contributed by atoms with Gasteiger partial charge in [0.05, 0.1) is 31.8 Å². The van der Waals surface area contributed by atoms with Crippen LogP contribution in [-0.4, -0.2) is 50.9 Å². The van der Waals surface area contributed by atoms with Gasteiger partial charge in [0, 0.05) is 18.7 Å². The quantitative estimate of drug-likeness (QED) is 0.366. The van der Waals surface area contributed by atoms with Crippen molar-refractivity contribution in [3.05, 3.63) is 74.8 Å². The lowest BCUT2D eigenvalue weighted by Crippen LogP contribution is -2.32. The minimum absolute atomic E-state index is 0.0762. The van der Waals surface area contributed by atoms with Gasteiger partial charge >= 0.3 is 0 Å². The Labute approximate surface area is 217 Å². The Hall–Kier alpha value is -3.72. The SMILES string of the molecule is COc1ccc(CCN(Cc2cc3ccc(C)c(C)c3[nH]c2=O)Cc2nnnn2C(C)(C)C)cc1OC. The minimum Gasteiger partial charge on any atom is -0.493 e. The van der Waals surface area contributed by atoms with Gasteiger partial charge in [-0.2, -0.15) is 0 Å². The van der Waals surface area contributed by atoms with E-state index in [2.05, 4.69) is 65.2 Å². The van der Waals surface area contributed by atoms with E-state index in [-0.39, 0.29) is 11.1 Å². The maximum Gasteiger partial charge on any atom is 0.252 e. The molecule has 0 aliphatic carbocycles. The van der Waals surface area contributed by atoms with Gasteiger partial charge in [-0.05, 0) is 91.7 Å². The fourth-order valence-electron chi connectivity index (χ4n) is 4.49. The molecular formula is C28H36N6O3.